The Morgan fingerprint density at radius 1 is 1.67 bits per heavy atom. The van der Waals surface area contributed by atoms with Crippen molar-refractivity contribution in [3.8, 4) is 0 Å². The first-order valence-corrected chi connectivity index (χ1v) is 6.09. The van der Waals surface area contributed by atoms with E-state index in [4.69, 9.17) is 0 Å². The molecule has 1 aromatic rings. The van der Waals surface area contributed by atoms with Crippen LogP contribution >= 0.6 is 11.8 Å². The van der Waals surface area contributed by atoms with E-state index < -0.39 is 0 Å². The maximum atomic E-state index is 4.44. The summed E-state index contributed by atoms with van der Waals surface area (Å²) in [5.41, 5.74) is 1.06. The van der Waals surface area contributed by atoms with E-state index >= 15 is 0 Å². The number of rotatable bonds is 3. The molecule has 0 radical (unpaired) electrons. The highest BCUT2D eigenvalue weighted by Gasteiger charge is 2.17. The lowest BCUT2D eigenvalue weighted by atomic mass is 10.3. The summed E-state index contributed by atoms with van der Waals surface area (Å²) in [5.74, 6) is 0. The largest absolute Gasteiger partial charge is 0.359 e. The Hall–Kier alpha value is -0.970. The highest BCUT2D eigenvalue weighted by atomic mass is 32.2. The van der Waals surface area contributed by atoms with E-state index in [1.165, 1.54) is 6.42 Å². The van der Waals surface area contributed by atoms with Crippen LogP contribution in [0, 0.1) is 0 Å². The zero-order chi connectivity index (χ0) is 10.7. The number of hydrogen-bond donors (Lipinski definition) is 1. The summed E-state index contributed by atoms with van der Waals surface area (Å²) in [4.78, 5) is 4.44. The number of nitrogens with one attached hydrogen (secondary N) is 1. The van der Waals surface area contributed by atoms with Gasteiger partial charge in [0.25, 0.3) is 0 Å². The molecule has 1 aliphatic rings. The van der Waals surface area contributed by atoms with E-state index in [1.54, 1.807) is 0 Å². The molecule has 0 spiro atoms. The predicted octanol–water partition coefficient (Wildman–Crippen LogP) is 1.39. The van der Waals surface area contributed by atoms with Crippen LogP contribution < -0.4 is 5.32 Å². The van der Waals surface area contributed by atoms with Gasteiger partial charge in [-0.3, -0.25) is 9.67 Å². The van der Waals surface area contributed by atoms with Gasteiger partial charge in [-0.15, -0.1) is 0 Å². The number of amidine groups is 1. The molecule has 82 valence electrons. The standard InChI is InChI=1S/C10H16N4S/c1-3-9-7-12-10(15-9)11-6-8-4-5-14(2)13-8/h4-5,9H,3,6-7H2,1-2H3,(H,11,12). The molecule has 4 nitrogen and oxygen atoms in total. The van der Waals surface area contributed by atoms with Gasteiger partial charge in [0, 0.05) is 18.5 Å². The van der Waals surface area contributed by atoms with E-state index in [1.807, 2.05) is 35.8 Å². The van der Waals surface area contributed by atoms with Gasteiger partial charge in [-0.1, -0.05) is 18.7 Å². The zero-order valence-corrected chi connectivity index (χ0v) is 9.92. The fourth-order valence-electron chi connectivity index (χ4n) is 1.45. The van der Waals surface area contributed by atoms with Crippen LogP contribution in [0.4, 0.5) is 0 Å². The fraction of sp³-hybridized carbons (Fsp3) is 0.600. The smallest absolute Gasteiger partial charge is 0.157 e. The third-order valence-electron chi connectivity index (χ3n) is 2.36. The molecule has 1 aromatic heterocycles. The predicted molar refractivity (Wildman–Crippen MR) is 64.0 cm³/mol. The Labute approximate surface area is 94.2 Å². The van der Waals surface area contributed by atoms with Crippen molar-refractivity contribution >= 4 is 16.9 Å². The second-order valence-corrected chi connectivity index (χ2v) is 4.92. The lowest BCUT2D eigenvalue weighted by Crippen LogP contribution is -2.19. The Balaban J connectivity index is 1.80. The molecule has 0 aromatic carbocycles. The molecule has 1 atom stereocenters. The Kier molecular flexibility index (Phi) is 3.30. The van der Waals surface area contributed by atoms with Crippen molar-refractivity contribution in [2.24, 2.45) is 12.0 Å². The van der Waals surface area contributed by atoms with Gasteiger partial charge in [-0.05, 0) is 12.5 Å². The van der Waals surface area contributed by atoms with Crippen molar-refractivity contribution in [3.05, 3.63) is 18.0 Å². The highest BCUT2D eigenvalue weighted by molar-refractivity contribution is 8.14. The second-order valence-electron chi connectivity index (χ2n) is 3.63. The summed E-state index contributed by atoms with van der Waals surface area (Å²) in [6, 6.07) is 2.02. The zero-order valence-electron chi connectivity index (χ0n) is 9.10. The van der Waals surface area contributed by atoms with Gasteiger partial charge in [0.05, 0.1) is 18.8 Å². The lowest BCUT2D eigenvalue weighted by Gasteiger charge is -2.05. The Morgan fingerprint density at radius 3 is 3.13 bits per heavy atom. The summed E-state index contributed by atoms with van der Waals surface area (Å²) in [6.45, 7) is 3.92. The van der Waals surface area contributed by atoms with Crippen LogP contribution in [0.3, 0.4) is 0 Å². The van der Waals surface area contributed by atoms with Crippen molar-refractivity contribution in [1.82, 2.24) is 15.1 Å². The molecule has 5 heteroatoms. The number of hydrogen-bond acceptors (Lipinski definition) is 4. The maximum absolute atomic E-state index is 4.44. The molecule has 0 saturated heterocycles. The van der Waals surface area contributed by atoms with E-state index in [0.717, 1.165) is 24.0 Å². The molecular formula is C10H16N4S. The van der Waals surface area contributed by atoms with Gasteiger partial charge in [0.1, 0.15) is 0 Å². The molecule has 0 saturated carbocycles. The average Bonchev–Trinajstić information content (AvgIpc) is 2.83. The SMILES string of the molecule is CCC1CN=C(NCc2ccn(C)n2)S1. The van der Waals surface area contributed by atoms with Gasteiger partial charge in [-0.2, -0.15) is 5.10 Å². The van der Waals surface area contributed by atoms with Crippen LogP contribution in [-0.4, -0.2) is 26.7 Å². The minimum Gasteiger partial charge on any atom is -0.359 e. The molecule has 15 heavy (non-hydrogen) atoms. The third-order valence-corrected chi connectivity index (χ3v) is 3.67. The van der Waals surface area contributed by atoms with E-state index in [-0.39, 0.29) is 0 Å². The van der Waals surface area contributed by atoms with Crippen LogP contribution in [0.25, 0.3) is 0 Å². The number of aromatic nitrogens is 2. The fourth-order valence-corrected chi connectivity index (χ4v) is 2.39. The number of aliphatic imine (C=N–C) groups is 1. The normalized spacial score (nSPS) is 20.4. The molecular weight excluding hydrogens is 208 g/mol. The van der Waals surface area contributed by atoms with Crippen LogP contribution in [0.2, 0.25) is 0 Å². The molecule has 0 fully saturated rings. The lowest BCUT2D eigenvalue weighted by molar-refractivity contribution is 0.731. The summed E-state index contributed by atoms with van der Waals surface area (Å²) in [7, 11) is 1.93. The van der Waals surface area contributed by atoms with Crippen LogP contribution in [0.1, 0.15) is 19.0 Å². The van der Waals surface area contributed by atoms with Gasteiger partial charge in [0.2, 0.25) is 0 Å². The Bertz CT molecular complexity index is 358. The van der Waals surface area contributed by atoms with Crippen molar-refractivity contribution in [2.45, 2.75) is 25.1 Å². The van der Waals surface area contributed by atoms with Crippen molar-refractivity contribution in [3.63, 3.8) is 0 Å². The maximum Gasteiger partial charge on any atom is 0.157 e. The second kappa shape index (κ2) is 4.70. The molecule has 0 bridgehead atoms. The molecule has 0 amide bonds. The molecule has 2 heterocycles. The molecule has 1 aliphatic heterocycles. The quantitative estimate of drug-likeness (QED) is 0.843. The first kappa shape index (κ1) is 10.5. The minimum atomic E-state index is 0.663. The van der Waals surface area contributed by atoms with Crippen molar-refractivity contribution in [1.29, 1.82) is 0 Å². The van der Waals surface area contributed by atoms with Crippen LogP contribution in [-0.2, 0) is 13.6 Å². The van der Waals surface area contributed by atoms with Crippen molar-refractivity contribution < 1.29 is 0 Å². The number of nitrogens with zero attached hydrogens (tertiary/aromatic N) is 3. The Morgan fingerprint density at radius 2 is 2.53 bits per heavy atom. The summed E-state index contributed by atoms with van der Waals surface area (Å²) in [6.07, 6.45) is 3.14. The summed E-state index contributed by atoms with van der Waals surface area (Å²) >= 11 is 1.84. The first-order valence-electron chi connectivity index (χ1n) is 5.21. The van der Waals surface area contributed by atoms with Crippen LogP contribution in [0.15, 0.2) is 17.3 Å². The van der Waals surface area contributed by atoms with E-state index in [0.29, 0.717) is 5.25 Å². The van der Waals surface area contributed by atoms with Crippen molar-refractivity contribution in [2.75, 3.05) is 6.54 Å². The topological polar surface area (TPSA) is 42.2 Å². The van der Waals surface area contributed by atoms with Gasteiger partial charge >= 0.3 is 0 Å². The van der Waals surface area contributed by atoms with Gasteiger partial charge in [0.15, 0.2) is 5.17 Å². The monoisotopic (exact) mass is 224 g/mol. The first-order chi connectivity index (χ1) is 7.28. The summed E-state index contributed by atoms with van der Waals surface area (Å²) < 4.78 is 1.81. The van der Waals surface area contributed by atoms with E-state index in [9.17, 15) is 0 Å². The van der Waals surface area contributed by atoms with Crippen LogP contribution in [0.5, 0.6) is 0 Å². The number of aryl methyl sites for hydroxylation is 1. The minimum absolute atomic E-state index is 0.663. The molecule has 1 N–H and O–H groups in total. The average molecular weight is 224 g/mol. The summed E-state index contributed by atoms with van der Waals surface area (Å²) in [5, 5.41) is 9.34. The molecule has 1 unspecified atom stereocenters. The molecule has 2 rings (SSSR count). The van der Waals surface area contributed by atoms with Gasteiger partial charge < -0.3 is 5.32 Å². The van der Waals surface area contributed by atoms with Gasteiger partial charge in [-0.25, -0.2) is 0 Å². The van der Waals surface area contributed by atoms with E-state index in [2.05, 4.69) is 22.3 Å². The highest BCUT2D eigenvalue weighted by Crippen LogP contribution is 2.21. The third kappa shape index (κ3) is 2.75. The molecule has 0 aliphatic carbocycles. The number of thioether (sulfide) groups is 1.